The SMILES string of the molecule is CCSc1nc(N2CCN(C)CC2)nc2ccccc12. The highest BCUT2D eigenvalue weighted by molar-refractivity contribution is 7.99. The van der Waals surface area contributed by atoms with Gasteiger partial charge in [-0.05, 0) is 18.9 Å². The van der Waals surface area contributed by atoms with E-state index in [4.69, 9.17) is 9.97 Å². The Hall–Kier alpha value is -1.33. The first-order valence-corrected chi connectivity index (χ1v) is 8.09. The van der Waals surface area contributed by atoms with Crippen LogP contribution in [-0.4, -0.2) is 53.8 Å². The summed E-state index contributed by atoms with van der Waals surface area (Å²) in [6.45, 7) is 6.33. The lowest BCUT2D eigenvalue weighted by Crippen LogP contribution is -2.45. The first-order chi connectivity index (χ1) is 9.78. The standard InChI is InChI=1S/C15H20N4S/c1-3-20-14-12-6-4-5-7-13(12)16-15(17-14)19-10-8-18(2)9-11-19/h4-7H,3,8-11H2,1-2H3. The predicted octanol–water partition coefficient (Wildman–Crippen LogP) is 2.49. The topological polar surface area (TPSA) is 32.3 Å². The van der Waals surface area contributed by atoms with Crippen molar-refractivity contribution in [1.82, 2.24) is 14.9 Å². The maximum absolute atomic E-state index is 4.80. The number of likely N-dealkylation sites (N-methyl/N-ethyl adjacent to an activating group) is 1. The second-order valence-corrected chi connectivity index (χ2v) is 6.32. The number of aromatic nitrogens is 2. The quantitative estimate of drug-likeness (QED) is 0.640. The van der Waals surface area contributed by atoms with Gasteiger partial charge in [-0.3, -0.25) is 0 Å². The summed E-state index contributed by atoms with van der Waals surface area (Å²) in [7, 11) is 2.16. The molecule has 106 valence electrons. The first kappa shape index (κ1) is 13.6. The average Bonchev–Trinajstić information content (AvgIpc) is 2.48. The van der Waals surface area contributed by atoms with Crippen LogP contribution in [-0.2, 0) is 0 Å². The third-order valence-corrected chi connectivity index (χ3v) is 4.50. The summed E-state index contributed by atoms with van der Waals surface area (Å²) in [5, 5.41) is 2.27. The van der Waals surface area contributed by atoms with Crippen molar-refractivity contribution < 1.29 is 0 Å². The molecular formula is C15H20N4S. The maximum Gasteiger partial charge on any atom is 0.227 e. The van der Waals surface area contributed by atoms with E-state index in [1.165, 1.54) is 0 Å². The van der Waals surface area contributed by atoms with Gasteiger partial charge in [0.2, 0.25) is 5.95 Å². The number of benzene rings is 1. The summed E-state index contributed by atoms with van der Waals surface area (Å²) < 4.78 is 0. The second-order valence-electron chi connectivity index (χ2n) is 5.07. The summed E-state index contributed by atoms with van der Waals surface area (Å²) >= 11 is 1.80. The molecule has 0 aliphatic carbocycles. The summed E-state index contributed by atoms with van der Waals surface area (Å²) in [6.07, 6.45) is 0. The number of nitrogens with zero attached hydrogens (tertiary/aromatic N) is 4. The number of fused-ring (bicyclic) bond motifs is 1. The molecule has 0 atom stereocenters. The van der Waals surface area contributed by atoms with Crippen LogP contribution in [0.3, 0.4) is 0 Å². The van der Waals surface area contributed by atoms with Crippen LogP contribution in [0.4, 0.5) is 5.95 Å². The van der Waals surface area contributed by atoms with Crippen molar-refractivity contribution in [2.75, 3.05) is 43.9 Å². The molecule has 20 heavy (non-hydrogen) atoms. The van der Waals surface area contributed by atoms with Gasteiger partial charge in [0.05, 0.1) is 5.52 Å². The Morgan fingerprint density at radius 2 is 1.85 bits per heavy atom. The highest BCUT2D eigenvalue weighted by Crippen LogP contribution is 2.27. The summed E-state index contributed by atoms with van der Waals surface area (Å²) in [5.74, 6) is 1.91. The molecular weight excluding hydrogens is 268 g/mol. The number of piperazine rings is 1. The molecule has 1 aromatic carbocycles. The van der Waals surface area contributed by atoms with Crippen LogP contribution in [0.25, 0.3) is 10.9 Å². The Kier molecular flexibility index (Phi) is 4.08. The minimum Gasteiger partial charge on any atom is -0.338 e. The number of rotatable bonds is 3. The van der Waals surface area contributed by atoms with Crippen LogP contribution >= 0.6 is 11.8 Å². The monoisotopic (exact) mass is 288 g/mol. The molecule has 0 saturated carbocycles. The van der Waals surface area contributed by atoms with Gasteiger partial charge in [-0.1, -0.05) is 25.1 Å². The third-order valence-electron chi connectivity index (χ3n) is 3.62. The molecule has 1 aliphatic heterocycles. The molecule has 0 unspecified atom stereocenters. The smallest absolute Gasteiger partial charge is 0.227 e. The second kappa shape index (κ2) is 5.97. The third kappa shape index (κ3) is 2.74. The maximum atomic E-state index is 4.80. The van der Waals surface area contributed by atoms with Crippen LogP contribution in [0.1, 0.15) is 6.92 Å². The van der Waals surface area contributed by atoms with Crippen LogP contribution in [0, 0.1) is 0 Å². The van der Waals surface area contributed by atoms with Gasteiger partial charge in [0.1, 0.15) is 5.03 Å². The lowest BCUT2D eigenvalue weighted by molar-refractivity contribution is 0.311. The molecule has 1 aliphatic rings. The number of thioether (sulfide) groups is 1. The van der Waals surface area contributed by atoms with Crippen molar-refractivity contribution in [1.29, 1.82) is 0 Å². The normalized spacial score (nSPS) is 16.8. The molecule has 0 spiro atoms. The Morgan fingerprint density at radius 1 is 1.10 bits per heavy atom. The molecule has 4 nitrogen and oxygen atoms in total. The van der Waals surface area contributed by atoms with Gasteiger partial charge in [0, 0.05) is 31.6 Å². The zero-order chi connectivity index (χ0) is 13.9. The van der Waals surface area contributed by atoms with Crippen molar-refractivity contribution in [3.63, 3.8) is 0 Å². The van der Waals surface area contributed by atoms with E-state index in [9.17, 15) is 0 Å². The molecule has 0 N–H and O–H groups in total. The lowest BCUT2D eigenvalue weighted by Gasteiger charge is -2.32. The van der Waals surface area contributed by atoms with E-state index in [-0.39, 0.29) is 0 Å². The largest absolute Gasteiger partial charge is 0.338 e. The average molecular weight is 288 g/mol. The summed E-state index contributed by atoms with van der Waals surface area (Å²) in [6, 6.07) is 8.29. The Bertz CT molecular complexity index is 593. The molecule has 0 amide bonds. The van der Waals surface area contributed by atoms with Gasteiger partial charge < -0.3 is 9.80 Å². The minimum absolute atomic E-state index is 0.882. The first-order valence-electron chi connectivity index (χ1n) is 7.11. The van der Waals surface area contributed by atoms with Crippen molar-refractivity contribution in [2.24, 2.45) is 0 Å². The fourth-order valence-electron chi connectivity index (χ4n) is 2.43. The Labute approximate surface area is 124 Å². The highest BCUT2D eigenvalue weighted by Gasteiger charge is 2.18. The highest BCUT2D eigenvalue weighted by atomic mass is 32.2. The number of anilines is 1. The van der Waals surface area contributed by atoms with Crippen molar-refractivity contribution in [2.45, 2.75) is 11.9 Å². The molecule has 0 radical (unpaired) electrons. The van der Waals surface area contributed by atoms with E-state index in [1.807, 2.05) is 6.07 Å². The molecule has 2 heterocycles. The van der Waals surface area contributed by atoms with Crippen molar-refractivity contribution in [3.8, 4) is 0 Å². The Balaban J connectivity index is 1.98. The van der Waals surface area contributed by atoms with E-state index < -0.39 is 0 Å². The van der Waals surface area contributed by atoms with Crippen LogP contribution in [0.5, 0.6) is 0 Å². The molecule has 5 heteroatoms. The molecule has 1 aromatic heterocycles. The van der Waals surface area contributed by atoms with Crippen LogP contribution in [0.2, 0.25) is 0 Å². The zero-order valence-corrected chi connectivity index (χ0v) is 12.9. The summed E-state index contributed by atoms with van der Waals surface area (Å²) in [4.78, 5) is 14.2. The molecule has 2 aromatic rings. The van der Waals surface area contributed by atoms with E-state index >= 15 is 0 Å². The molecule has 3 rings (SSSR count). The van der Waals surface area contributed by atoms with Gasteiger partial charge in [0.25, 0.3) is 0 Å². The minimum atomic E-state index is 0.882. The van der Waals surface area contributed by atoms with E-state index in [0.29, 0.717) is 0 Å². The predicted molar refractivity (Wildman–Crippen MR) is 85.6 cm³/mol. The molecule has 1 fully saturated rings. The van der Waals surface area contributed by atoms with Gasteiger partial charge in [-0.15, -0.1) is 11.8 Å². The van der Waals surface area contributed by atoms with E-state index in [2.05, 4.69) is 42.0 Å². The zero-order valence-electron chi connectivity index (χ0n) is 12.0. The van der Waals surface area contributed by atoms with Crippen molar-refractivity contribution in [3.05, 3.63) is 24.3 Å². The van der Waals surface area contributed by atoms with Gasteiger partial charge in [-0.25, -0.2) is 9.97 Å². The van der Waals surface area contributed by atoms with Crippen LogP contribution < -0.4 is 4.90 Å². The van der Waals surface area contributed by atoms with Crippen molar-refractivity contribution >= 4 is 28.6 Å². The lowest BCUT2D eigenvalue weighted by atomic mass is 10.2. The number of hydrogen-bond acceptors (Lipinski definition) is 5. The van der Waals surface area contributed by atoms with Gasteiger partial charge >= 0.3 is 0 Å². The molecule has 1 saturated heterocycles. The number of hydrogen-bond donors (Lipinski definition) is 0. The fraction of sp³-hybridized carbons (Fsp3) is 0.467. The number of para-hydroxylation sites is 1. The summed E-state index contributed by atoms with van der Waals surface area (Å²) in [5.41, 5.74) is 1.05. The Morgan fingerprint density at radius 3 is 2.60 bits per heavy atom. The fourth-order valence-corrected chi connectivity index (χ4v) is 3.18. The van der Waals surface area contributed by atoms with Gasteiger partial charge in [0.15, 0.2) is 0 Å². The van der Waals surface area contributed by atoms with Crippen LogP contribution in [0.15, 0.2) is 29.3 Å². The van der Waals surface area contributed by atoms with E-state index in [0.717, 1.165) is 53.8 Å². The van der Waals surface area contributed by atoms with Gasteiger partial charge in [-0.2, -0.15) is 0 Å². The molecule has 0 bridgehead atoms. The van der Waals surface area contributed by atoms with E-state index in [1.54, 1.807) is 11.8 Å².